The minimum absolute atomic E-state index is 0.167. The molecule has 2 atom stereocenters. The van der Waals surface area contributed by atoms with Crippen LogP contribution in [0.2, 0.25) is 0 Å². The van der Waals surface area contributed by atoms with Gasteiger partial charge in [-0.05, 0) is 49.4 Å². The molecular formula is C23H30N2O3. The summed E-state index contributed by atoms with van der Waals surface area (Å²) in [6, 6.07) is 13.3. The van der Waals surface area contributed by atoms with E-state index in [-0.39, 0.29) is 18.4 Å². The Bertz CT molecular complexity index is 799. The van der Waals surface area contributed by atoms with Crippen molar-refractivity contribution in [2.75, 3.05) is 19.6 Å². The third-order valence-corrected chi connectivity index (χ3v) is 5.58. The number of aliphatic hydroxyl groups excluding tert-OH is 1. The second-order valence-corrected chi connectivity index (χ2v) is 7.92. The number of rotatable bonds is 6. The summed E-state index contributed by atoms with van der Waals surface area (Å²) in [5.74, 6) is -0.316. The van der Waals surface area contributed by atoms with Crippen LogP contribution in [-0.4, -0.2) is 51.9 Å². The lowest BCUT2D eigenvalue weighted by Crippen LogP contribution is -2.40. The molecule has 2 aromatic carbocycles. The number of benzene rings is 2. The van der Waals surface area contributed by atoms with E-state index in [2.05, 4.69) is 17.0 Å². The Balaban J connectivity index is 1.80. The number of hydrogen-bond acceptors (Lipinski definition) is 4. The van der Waals surface area contributed by atoms with Gasteiger partial charge in [-0.25, -0.2) is 5.06 Å². The normalized spacial score (nSPS) is 18.2. The first kappa shape index (κ1) is 20.5. The topological polar surface area (TPSA) is 64.0 Å². The second kappa shape index (κ2) is 8.86. The molecule has 1 fully saturated rings. The van der Waals surface area contributed by atoms with Gasteiger partial charge in [0.1, 0.15) is 0 Å². The molecule has 150 valence electrons. The lowest BCUT2D eigenvalue weighted by atomic mass is 9.96. The fourth-order valence-corrected chi connectivity index (χ4v) is 4.12. The van der Waals surface area contributed by atoms with Gasteiger partial charge < -0.3 is 5.11 Å². The first-order valence-electron chi connectivity index (χ1n) is 9.88. The predicted octanol–water partition coefficient (Wildman–Crippen LogP) is 3.18. The Hall–Kier alpha value is -2.21. The number of hydroxylamine groups is 2. The fourth-order valence-electron chi connectivity index (χ4n) is 4.12. The van der Waals surface area contributed by atoms with Gasteiger partial charge >= 0.3 is 0 Å². The van der Waals surface area contributed by atoms with Crippen LogP contribution in [0.25, 0.3) is 0 Å². The monoisotopic (exact) mass is 382 g/mol. The maximum atomic E-state index is 13.0. The molecule has 1 heterocycles. The first-order valence-corrected chi connectivity index (χ1v) is 9.88. The summed E-state index contributed by atoms with van der Waals surface area (Å²) in [6.45, 7) is 7.88. The molecule has 0 saturated carbocycles. The van der Waals surface area contributed by atoms with Crippen molar-refractivity contribution in [3.05, 3.63) is 70.3 Å². The summed E-state index contributed by atoms with van der Waals surface area (Å²) >= 11 is 0. The van der Waals surface area contributed by atoms with Crippen LogP contribution >= 0.6 is 0 Å². The van der Waals surface area contributed by atoms with Gasteiger partial charge in [-0.15, -0.1) is 0 Å². The Kier molecular flexibility index (Phi) is 6.50. The van der Waals surface area contributed by atoms with Gasteiger partial charge in [0.25, 0.3) is 5.91 Å². The van der Waals surface area contributed by atoms with Crippen LogP contribution in [0.15, 0.2) is 42.5 Å². The highest BCUT2D eigenvalue weighted by Gasteiger charge is 2.29. The third kappa shape index (κ3) is 4.79. The van der Waals surface area contributed by atoms with E-state index in [9.17, 15) is 15.1 Å². The molecule has 1 amide bonds. The summed E-state index contributed by atoms with van der Waals surface area (Å²) in [5.41, 5.74) is 5.16. The molecule has 2 aromatic rings. The highest BCUT2D eigenvalue weighted by atomic mass is 16.5. The van der Waals surface area contributed by atoms with Crippen LogP contribution in [-0.2, 0) is 11.2 Å². The number of amides is 1. The Morgan fingerprint density at radius 1 is 1.18 bits per heavy atom. The van der Waals surface area contributed by atoms with Crippen molar-refractivity contribution in [2.24, 2.45) is 0 Å². The second-order valence-electron chi connectivity index (χ2n) is 7.92. The molecule has 3 rings (SSSR count). The summed E-state index contributed by atoms with van der Waals surface area (Å²) < 4.78 is 0. The SMILES string of the molecule is Cc1cc(C)c(CC(=O)N(O)[C@H](CN2CC[C@H](O)C2)c2ccccc2)c(C)c1. The molecule has 0 unspecified atom stereocenters. The number of nitrogens with zero attached hydrogens (tertiary/aromatic N) is 2. The molecule has 28 heavy (non-hydrogen) atoms. The Morgan fingerprint density at radius 3 is 2.39 bits per heavy atom. The molecule has 1 aliphatic heterocycles. The zero-order valence-corrected chi connectivity index (χ0v) is 16.9. The number of carbonyl (C=O) groups is 1. The Labute approximate surface area is 167 Å². The zero-order chi connectivity index (χ0) is 20.3. The van der Waals surface area contributed by atoms with Crippen molar-refractivity contribution in [3.63, 3.8) is 0 Å². The van der Waals surface area contributed by atoms with Crippen molar-refractivity contribution >= 4 is 5.91 Å². The van der Waals surface area contributed by atoms with Crippen molar-refractivity contribution in [3.8, 4) is 0 Å². The molecule has 0 spiro atoms. The summed E-state index contributed by atoms with van der Waals surface area (Å²) in [6.07, 6.45) is 0.556. The predicted molar refractivity (Wildman–Crippen MR) is 109 cm³/mol. The highest BCUT2D eigenvalue weighted by Crippen LogP contribution is 2.25. The maximum absolute atomic E-state index is 13.0. The van der Waals surface area contributed by atoms with Crippen molar-refractivity contribution in [1.29, 1.82) is 0 Å². The van der Waals surface area contributed by atoms with Crippen LogP contribution in [0.1, 0.15) is 40.3 Å². The van der Waals surface area contributed by atoms with Gasteiger partial charge in [0.15, 0.2) is 0 Å². The van der Waals surface area contributed by atoms with Gasteiger partial charge in [0, 0.05) is 19.6 Å². The number of hydrogen-bond donors (Lipinski definition) is 2. The molecule has 5 nitrogen and oxygen atoms in total. The number of carbonyl (C=O) groups excluding carboxylic acids is 1. The smallest absolute Gasteiger partial charge is 0.250 e. The van der Waals surface area contributed by atoms with E-state index in [0.29, 0.717) is 13.1 Å². The summed E-state index contributed by atoms with van der Waals surface area (Å²) in [7, 11) is 0. The molecule has 0 aliphatic carbocycles. The number of β-amino-alcohol motifs (C(OH)–C–C–N with tert-alkyl or cyclic N) is 1. The minimum atomic E-state index is -0.468. The minimum Gasteiger partial charge on any atom is -0.392 e. The van der Waals surface area contributed by atoms with Gasteiger partial charge in [0.2, 0.25) is 0 Å². The molecule has 0 radical (unpaired) electrons. The van der Waals surface area contributed by atoms with Crippen LogP contribution in [0, 0.1) is 20.8 Å². The van der Waals surface area contributed by atoms with Crippen molar-refractivity contribution in [2.45, 2.75) is 45.8 Å². The lowest BCUT2D eigenvalue weighted by Gasteiger charge is -2.30. The highest BCUT2D eigenvalue weighted by molar-refractivity contribution is 5.79. The quantitative estimate of drug-likeness (QED) is 0.595. The van der Waals surface area contributed by atoms with E-state index in [1.807, 2.05) is 51.1 Å². The standard InChI is InChI=1S/C23H30N2O3/c1-16-11-17(2)21(18(3)12-16)13-23(27)25(28)22(19-7-5-4-6-8-19)15-24-10-9-20(26)14-24/h4-8,11-12,20,22,26,28H,9-10,13-15H2,1-3H3/t20-,22+/m0/s1. The van der Waals surface area contributed by atoms with Gasteiger partial charge in [-0.3, -0.25) is 14.9 Å². The van der Waals surface area contributed by atoms with Gasteiger partial charge in [0.05, 0.1) is 18.6 Å². The van der Waals surface area contributed by atoms with Crippen LogP contribution < -0.4 is 0 Å². The average molecular weight is 383 g/mol. The summed E-state index contributed by atoms with van der Waals surface area (Å²) in [4.78, 5) is 15.1. The van der Waals surface area contributed by atoms with Gasteiger partial charge in [-0.1, -0.05) is 48.0 Å². The number of aryl methyl sites for hydroxylation is 3. The molecule has 1 aliphatic rings. The Morgan fingerprint density at radius 2 is 1.82 bits per heavy atom. The van der Waals surface area contributed by atoms with E-state index < -0.39 is 6.04 Å². The van der Waals surface area contributed by atoms with Crippen molar-refractivity contribution in [1.82, 2.24) is 9.96 Å². The maximum Gasteiger partial charge on any atom is 0.250 e. The van der Waals surface area contributed by atoms with E-state index in [0.717, 1.165) is 40.3 Å². The van der Waals surface area contributed by atoms with E-state index in [4.69, 9.17) is 0 Å². The van der Waals surface area contributed by atoms with Crippen molar-refractivity contribution < 1.29 is 15.1 Å². The fraction of sp³-hybridized carbons (Fsp3) is 0.435. The largest absolute Gasteiger partial charge is 0.392 e. The molecule has 2 N–H and O–H groups in total. The molecular weight excluding hydrogens is 352 g/mol. The van der Waals surface area contributed by atoms with Crippen LogP contribution in [0.5, 0.6) is 0 Å². The number of likely N-dealkylation sites (tertiary alicyclic amines) is 1. The third-order valence-electron chi connectivity index (χ3n) is 5.58. The zero-order valence-electron chi connectivity index (χ0n) is 16.9. The molecule has 1 saturated heterocycles. The molecule has 0 aromatic heterocycles. The molecule has 0 bridgehead atoms. The van der Waals surface area contributed by atoms with Crippen LogP contribution in [0.3, 0.4) is 0 Å². The number of aliphatic hydroxyl groups is 1. The van der Waals surface area contributed by atoms with Gasteiger partial charge in [-0.2, -0.15) is 0 Å². The molecule has 5 heteroatoms. The average Bonchev–Trinajstić information content (AvgIpc) is 3.07. The van der Waals surface area contributed by atoms with E-state index in [1.54, 1.807) is 0 Å². The van der Waals surface area contributed by atoms with Crippen LogP contribution in [0.4, 0.5) is 0 Å². The lowest BCUT2D eigenvalue weighted by molar-refractivity contribution is -0.177. The first-order chi connectivity index (χ1) is 13.3. The summed E-state index contributed by atoms with van der Waals surface area (Å²) in [5, 5.41) is 21.6. The van der Waals surface area contributed by atoms with E-state index in [1.165, 1.54) is 5.56 Å². The van der Waals surface area contributed by atoms with E-state index >= 15 is 0 Å².